The molecule has 2 aromatic carbocycles. The SMILES string of the molecule is Cn1cc(N(C=O)c2c(F)cccc2-c2ccc(Cl)c(Cl)c2)c(C(F)F)n1. The summed E-state index contributed by atoms with van der Waals surface area (Å²) in [4.78, 5) is 12.6. The van der Waals surface area contributed by atoms with Gasteiger partial charge >= 0.3 is 0 Å². The lowest BCUT2D eigenvalue weighted by atomic mass is 10.0. The lowest BCUT2D eigenvalue weighted by molar-refractivity contribution is -0.106. The molecule has 3 rings (SSSR count). The Bertz CT molecular complexity index is 1010. The normalized spacial score (nSPS) is 11.1. The molecule has 0 bridgehead atoms. The lowest BCUT2D eigenvalue weighted by Gasteiger charge is -2.21. The number of carbonyl (C=O) groups is 1. The maximum atomic E-state index is 14.7. The summed E-state index contributed by atoms with van der Waals surface area (Å²) in [7, 11) is 1.43. The highest BCUT2D eigenvalue weighted by Gasteiger charge is 2.26. The van der Waals surface area contributed by atoms with Crippen LogP contribution in [0.2, 0.25) is 10.0 Å². The van der Waals surface area contributed by atoms with Crippen LogP contribution < -0.4 is 4.90 Å². The Morgan fingerprint density at radius 1 is 1.19 bits per heavy atom. The summed E-state index contributed by atoms with van der Waals surface area (Å²) in [5.41, 5.74) is -0.291. The van der Waals surface area contributed by atoms with Crippen molar-refractivity contribution in [3.63, 3.8) is 0 Å². The summed E-state index contributed by atoms with van der Waals surface area (Å²) in [5, 5.41) is 4.20. The molecule has 27 heavy (non-hydrogen) atoms. The van der Waals surface area contributed by atoms with E-state index in [1.807, 2.05) is 0 Å². The van der Waals surface area contributed by atoms with Crippen molar-refractivity contribution < 1.29 is 18.0 Å². The third-order valence-electron chi connectivity index (χ3n) is 3.87. The van der Waals surface area contributed by atoms with Crippen molar-refractivity contribution in [3.05, 3.63) is 64.2 Å². The molecule has 0 saturated carbocycles. The fourth-order valence-electron chi connectivity index (χ4n) is 2.72. The molecule has 0 aliphatic rings. The summed E-state index contributed by atoms with van der Waals surface area (Å²) < 4.78 is 42.5. The molecule has 0 fully saturated rings. The van der Waals surface area contributed by atoms with Gasteiger partial charge in [-0.25, -0.2) is 13.2 Å². The molecule has 3 aromatic rings. The molecule has 1 aromatic heterocycles. The van der Waals surface area contributed by atoms with Crippen molar-refractivity contribution in [1.82, 2.24) is 9.78 Å². The van der Waals surface area contributed by atoms with Crippen LogP contribution in [0.4, 0.5) is 24.5 Å². The van der Waals surface area contributed by atoms with Gasteiger partial charge in [0, 0.05) is 18.8 Å². The number of nitrogens with zero attached hydrogens (tertiary/aromatic N) is 3. The van der Waals surface area contributed by atoms with E-state index in [1.165, 1.54) is 31.4 Å². The highest BCUT2D eigenvalue weighted by molar-refractivity contribution is 6.42. The number of alkyl halides is 2. The van der Waals surface area contributed by atoms with Gasteiger partial charge in [-0.1, -0.05) is 41.4 Å². The molecule has 4 nitrogen and oxygen atoms in total. The van der Waals surface area contributed by atoms with Gasteiger partial charge in [0.05, 0.1) is 21.4 Å². The van der Waals surface area contributed by atoms with Crippen LogP contribution in [0.1, 0.15) is 12.1 Å². The van der Waals surface area contributed by atoms with Crippen molar-refractivity contribution in [2.24, 2.45) is 7.05 Å². The minimum Gasteiger partial charge on any atom is -0.278 e. The van der Waals surface area contributed by atoms with Crippen LogP contribution in [0.5, 0.6) is 0 Å². The smallest absolute Gasteiger partial charge is 0.278 e. The first-order chi connectivity index (χ1) is 12.8. The monoisotopic (exact) mass is 413 g/mol. The van der Waals surface area contributed by atoms with Crippen LogP contribution >= 0.6 is 23.2 Å². The van der Waals surface area contributed by atoms with E-state index in [1.54, 1.807) is 12.1 Å². The number of anilines is 2. The molecule has 0 radical (unpaired) electrons. The second kappa shape index (κ2) is 7.62. The highest BCUT2D eigenvalue weighted by atomic mass is 35.5. The fourth-order valence-corrected chi connectivity index (χ4v) is 3.02. The van der Waals surface area contributed by atoms with Crippen molar-refractivity contribution in [2.45, 2.75) is 6.43 Å². The van der Waals surface area contributed by atoms with Crippen LogP contribution in [-0.2, 0) is 11.8 Å². The first-order valence-electron chi connectivity index (χ1n) is 7.63. The summed E-state index contributed by atoms with van der Waals surface area (Å²) in [6.45, 7) is 0. The summed E-state index contributed by atoms with van der Waals surface area (Å²) in [5.74, 6) is -0.769. The van der Waals surface area contributed by atoms with Crippen LogP contribution in [0.3, 0.4) is 0 Å². The van der Waals surface area contributed by atoms with Crippen molar-refractivity contribution in [2.75, 3.05) is 4.90 Å². The summed E-state index contributed by atoms with van der Waals surface area (Å²) in [6, 6.07) is 8.73. The van der Waals surface area contributed by atoms with E-state index in [2.05, 4.69) is 5.10 Å². The molecule has 0 saturated heterocycles. The van der Waals surface area contributed by atoms with Gasteiger partial charge in [0.25, 0.3) is 6.43 Å². The second-order valence-corrected chi connectivity index (χ2v) is 6.43. The molecular formula is C18H12Cl2F3N3O. The van der Waals surface area contributed by atoms with E-state index >= 15 is 0 Å². The Morgan fingerprint density at radius 3 is 2.56 bits per heavy atom. The van der Waals surface area contributed by atoms with E-state index in [4.69, 9.17) is 23.2 Å². The number of hydrogen-bond acceptors (Lipinski definition) is 2. The first kappa shape index (κ1) is 19.3. The van der Waals surface area contributed by atoms with Gasteiger partial charge in [0.1, 0.15) is 5.82 Å². The van der Waals surface area contributed by atoms with Gasteiger partial charge < -0.3 is 0 Å². The third-order valence-corrected chi connectivity index (χ3v) is 4.61. The molecule has 0 aliphatic heterocycles. The summed E-state index contributed by atoms with van der Waals surface area (Å²) >= 11 is 12.0. The Balaban J connectivity index is 2.24. The number of halogens is 5. The third kappa shape index (κ3) is 3.65. The number of aryl methyl sites for hydroxylation is 1. The second-order valence-electron chi connectivity index (χ2n) is 5.61. The van der Waals surface area contributed by atoms with Crippen LogP contribution in [0, 0.1) is 5.82 Å². The van der Waals surface area contributed by atoms with Crippen LogP contribution in [-0.4, -0.2) is 16.2 Å². The minimum atomic E-state index is -2.94. The number of carbonyl (C=O) groups excluding carboxylic acids is 1. The van der Waals surface area contributed by atoms with E-state index in [-0.39, 0.29) is 28.4 Å². The number of amides is 1. The zero-order valence-electron chi connectivity index (χ0n) is 13.8. The molecule has 9 heteroatoms. The first-order valence-corrected chi connectivity index (χ1v) is 8.39. The van der Waals surface area contributed by atoms with Gasteiger partial charge in [-0.2, -0.15) is 5.10 Å². The van der Waals surface area contributed by atoms with Crippen LogP contribution in [0.25, 0.3) is 11.1 Å². The molecule has 0 unspecified atom stereocenters. The zero-order chi connectivity index (χ0) is 19.7. The predicted octanol–water partition coefficient (Wildman–Crippen LogP) is 5.77. The van der Waals surface area contributed by atoms with Gasteiger partial charge in [-0.05, 0) is 23.8 Å². The Morgan fingerprint density at radius 2 is 1.93 bits per heavy atom. The minimum absolute atomic E-state index is 0.194. The lowest BCUT2D eigenvalue weighted by Crippen LogP contribution is -2.18. The van der Waals surface area contributed by atoms with Gasteiger partial charge in [-0.15, -0.1) is 0 Å². The number of hydrogen-bond donors (Lipinski definition) is 0. The number of aromatic nitrogens is 2. The van der Waals surface area contributed by atoms with E-state index < -0.39 is 17.9 Å². The van der Waals surface area contributed by atoms with E-state index in [9.17, 15) is 18.0 Å². The highest BCUT2D eigenvalue weighted by Crippen LogP contribution is 2.40. The van der Waals surface area contributed by atoms with E-state index in [0.717, 1.165) is 15.6 Å². The topological polar surface area (TPSA) is 38.1 Å². The van der Waals surface area contributed by atoms with Crippen molar-refractivity contribution in [3.8, 4) is 11.1 Å². The maximum absolute atomic E-state index is 14.7. The molecule has 0 aliphatic carbocycles. The number of para-hydroxylation sites is 1. The predicted molar refractivity (Wildman–Crippen MR) is 98.2 cm³/mol. The quantitative estimate of drug-likeness (QED) is 0.498. The molecule has 0 atom stereocenters. The summed E-state index contributed by atoms with van der Waals surface area (Å²) in [6.07, 6.45) is -1.45. The average Bonchev–Trinajstić information content (AvgIpc) is 3.01. The molecule has 0 N–H and O–H groups in total. The fraction of sp³-hybridized carbons (Fsp3) is 0.111. The molecule has 1 amide bonds. The number of benzene rings is 2. The Kier molecular flexibility index (Phi) is 5.43. The Labute approximate surface area is 162 Å². The standard InChI is InChI=1S/C18H12Cl2F3N3O/c1-25-8-15(16(24-25)18(22)23)26(9-27)17-11(3-2-4-14(17)21)10-5-6-12(19)13(20)7-10/h2-9,18H,1H3. The van der Waals surface area contributed by atoms with Crippen LogP contribution in [0.15, 0.2) is 42.6 Å². The molecule has 0 spiro atoms. The largest absolute Gasteiger partial charge is 0.284 e. The molecular weight excluding hydrogens is 402 g/mol. The average molecular weight is 414 g/mol. The zero-order valence-corrected chi connectivity index (χ0v) is 15.3. The van der Waals surface area contributed by atoms with Crippen molar-refractivity contribution in [1.29, 1.82) is 0 Å². The molecule has 140 valence electrons. The maximum Gasteiger partial charge on any atom is 0.284 e. The van der Waals surface area contributed by atoms with Gasteiger partial charge in [0.15, 0.2) is 5.69 Å². The number of rotatable bonds is 5. The van der Waals surface area contributed by atoms with E-state index in [0.29, 0.717) is 10.6 Å². The van der Waals surface area contributed by atoms with Gasteiger partial charge in [-0.3, -0.25) is 14.4 Å². The van der Waals surface area contributed by atoms with Crippen molar-refractivity contribution >= 4 is 41.0 Å². The molecule has 1 heterocycles. The Hall–Kier alpha value is -2.51. The van der Waals surface area contributed by atoms with Gasteiger partial charge in [0.2, 0.25) is 6.41 Å².